The fraction of sp³-hybridized carbons (Fsp3) is 1.00. The smallest absolute Gasteiger partial charge is 0.307 e. The van der Waals surface area contributed by atoms with E-state index in [-0.39, 0.29) is 0 Å². The van der Waals surface area contributed by atoms with Crippen molar-refractivity contribution in [1.29, 1.82) is 0 Å². The number of nitrogens with zero attached hydrogens (tertiary/aromatic N) is 1. The van der Waals surface area contributed by atoms with Crippen LogP contribution in [0, 0.1) is 0 Å². The average Bonchev–Trinajstić information content (AvgIpc) is 2.71. The van der Waals surface area contributed by atoms with Crippen molar-refractivity contribution in [3.8, 4) is 0 Å². The van der Waals surface area contributed by atoms with Crippen molar-refractivity contribution in [3.05, 3.63) is 0 Å². The lowest BCUT2D eigenvalue weighted by Crippen LogP contribution is -2.45. The van der Waals surface area contributed by atoms with E-state index in [1.54, 1.807) is 0 Å². The van der Waals surface area contributed by atoms with E-state index in [1.807, 2.05) is 18.7 Å². The van der Waals surface area contributed by atoms with Gasteiger partial charge in [-0.1, -0.05) is 61.5 Å². The van der Waals surface area contributed by atoms with Gasteiger partial charge in [-0.25, -0.2) is 0 Å². The number of hydrogen-bond acceptors (Lipinski definition) is 4. The fourth-order valence-electron chi connectivity index (χ4n) is 2.54. The minimum absolute atomic E-state index is 0.325. The number of alkyl halides is 3. The molecule has 22 heavy (non-hydrogen) atoms. The normalized spacial score (nSPS) is 19.9. The van der Waals surface area contributed by atoms with Crippen LogP contribution in [0.4, 0.5) is 0 Å². The van der Waals surface area contributed by atoms with Crippen LogP contribution in [0.25, 0.3) is 0 Å². The van der Waals surface area contributed by atoms with Gasteiger partial charge in [-0.3, -0.25) is 9.46 Å². The summed E-state index contributed by atoms with van der Waals surface area (Å²) in [6, 6.07) is 0. The standard InChI is InChI=1S/C14H27Cl3NO3P/c1-3-11-20-22(19,21-12-4-2)13(14(15,16)17)18-9-7-5-6-8-10-18/h13H,3-12H2,1-2H3/t13-/m1/s1. The molecule has 1 saturated heterocycles. The third-order valence-electron chi connectivity index (χ3n) is 3.53. The lowest BCUT2D eigenvalue weighted by Gasteiger charge is -2.38. The molecule has 1 aliphatic rings. The van der Waals surface area contributed by atoms with E-state index < -0.39 is 17.2 Å². The Labute approximate surface area is 149 Å². The van der Waals surface area contributed by atoms with Gasteiger partial charge >= 0.3 is 7.60 Å². The third kappa shape index (κ3) is 6.47. The lowest BCUT2D eigenvalue weighted by molar-refractivity contribution is 0.156. The van der Waals surface area contributed by atoms with E-state index in [9.17, 15) is 4.57 Å². The van der Waals surface area contributed by atoms with Gasteiger partial charge in [0.2, 0.25) is 3.79 Å². The van der Waals surface area contributed by atoms with Gasteiger partial charge in [-0.15, -0.1) is 0 Å². The molecule has 0 spiro atoms. The van der Waals surface area contributed by atoms with Gasteiger partial charge in [-0.2, -0.15) is 0 Å². The molecule has 0 amide bonds. The van der Waals surface area contributed by atoms with E-state index in [1.165, 1.54) is 0 Å². The van der Waals surface area contributed by atoms with Gasteiger partial charge in [0.15, 0.2) is 5.78 Å². The van der Waals surface area contributed by atoms with E-state index in [0.717, 1.165) is 51.6 Å². The molecule has 1 aliphatic heterocycles. The maximum Gasteiger partial charge on any atom is 0.352 e. The molecule has 0 aromatic rings. The van der Waals surface area contributed by atoms with Crippen molar-refractivity contribution >= 4 is 42.4 Å². The summed E-state index contributed by atoms with van der Waals surface area (Å²) in [6.45, 7) is 6.03. The zero-order chi connectivity index (χ0) is 16.6. The molecule has 8 heteroatoms. The van der Waals surface area contributed by atoms with E-state index >= 15 is 0 Å². The van der Waals surface area contributed by atoms with Crippen LogP contribution in [-0.4, -0.2) is 40.8 Å². The molecule has 0 unspecified atom stereocenters. The number of rotatable bonds is 8. The van der Waals surface area contributed by atoms with Crippen molar-refractivity contribution in [1.82, 2.24) is 4.90 Å². The van der Waals surface area contributed by atoms with Crippen molar-refractivity contribution in [2.45, 2.75) is 61.9 Å². The monoisotopic (exact) mass is 393 g/mol. The first kappa shape index (κ1) is 21.0. The van der Waals surface area contributed by atoms with Crippen molar-refractivity contribution in [2.24, 2.45) is 0 Å². The first-order valence-electron chi connectivity index (χ1n) is 8.04. The van der Waals surface area contributed by atoms with Gasteiger partial charge in [0.25, 0.3) is 0 Å². The first-order valence-corrected chi connectivity index (χ1v) is 10.8. The highest BCUT2D eigenvalue weighted by atomic mass is 35.6. The molecule has 4 nitrogen and oxygen atoms in total. The second-order valence-electron chi connectivity index (χ2n) is 5.57. The zero-order valence-corrected chi connectivity index (χ0v) is 16.6. The Morgan fingerprint density at radius 2 is 1.45 bits per heavy atom. The summed E-state index contributed by atoms with van der Waals surface area (Å²) in [5.41, 5.74) is 0. The number of halogens is 3. The molecule has 1 rings (SSSR count). The Morgan fingerprint density at radius 1 is 1.00 bits per heavy atom. The first-order chi connectivity index (χ1) is 10.3. The second kappa shape index (κ2) is 10.1. The maximum absolute atomic E-state index is 13.3. The summed E-state index contributed by atoms with van der Waals surface area (Å²) in [7, 11) is -3.54. The highest BCUT2D eigenvalue weighted by molar-refractivity contribution is 7.55. The second-order valence-corrected chi connectivity index (χ2v) is 10.0. The molecule has 0 bridgehead atoms. The number of likely N-dealkylation sites (tertiary alicyclic amines) is 1. The molecule has 0 aromatic heterocycles. The van der Waals surface area contributed by atoms with E-state index in [2.05, 4.69) is 0 Å². The maximum atomic E-state index is 13.3. The summed E-state index contributed by atoms with van der Waals surface area (Å²) >= 11 is 18.6. The van der Waals surface area contributed by atoms with Gasteiger partial charge in [0.05, 0.1) is 13.2 Å². The third-order valence-corrected chi connectivity index (χ3v) is 7.00. The Bertz CT molecular complexity index is 346. The zero-order valence-electron chi connectivity index (χ0n) is 13.4. The molecule has 1 fully saturated rings. The summed E-state index contributed by atoms with van der Waals surface area (Å²) in [6.07, 6.45) is 5.73. The average molecular weight is 395 g/mol. The quantitative estimate of drug-likeness (QED) is 0.396. The van der Waals surface area contributed by atoms with Crippen LogP contribution in [0.5, 0.6) is 0 Å². The van der Waals surface area contributed by atoms with Crippen molar-refractivity contribution < 1.29 is 13.6 Å². The highest BCUT2D eigenvalue weighted by Crippen LogP contribution is 2.61. The van der Waals surface area contributed by atoms with Gasteiger partial charge in [0.1, 0.15) is 0 Å². The van der Waals surface area contributed by atoms with Crippen LogP contribution >= 0.6 is 42.4 Å². The van der Waals surface area contributed by atoms with Crippen LogP contribution < -0.4 is 0 Å². The van der Waals surface area contributed by atoms with Crippen molar-refractivity contribution in [2.75, 3.05) is 26.3 Å². The van der Waals surface area contributed by atoms with Gasteiger partial charge < -0.3 is 9.05 Å². The molecule has 0 radical (unpaired) electrons. The Kier molecular flexibility index (Phi) is 9.63. The Hall–Kier alpha value is 0.980. The topological polar surface area (TPSA) is 38.8 Å². The molecule has 0 N–H and O–H groups in total. The SMILES string of the molecule is CCCOP(=O)(OCCC)[C@@H](N1CCCCCC1)C(Cl)(Cl)Cl. The van der Waals surface area contributed by atoms with Crippen LogP contribution in [-0.2, 0) is 13.6 Å². The van der Waals surface area contributed by atoms with Crippen LogP contribution in [0.3, 0.4) is 0 Å². The molecular weight excluding hydrogens is 367 g/mol. The molecule has 132 valence electrons. The van der Waals surface area contributed by atoms with Crippen LogP contribution in [0.15, 0.2) is 0 Å². The summed E-state index contributed by atoms with van der Waals surface area (Å²) in [5.74, 6) is -0.860. The van der Waals surface area contributed by atoms with Crippen LogP contribution in [0.1, 0.15) is 52.4 Å². The Morgan fingerprint density at radius 3 is 1.82 bits per heavy atom. The van der Waals surface area contributed by atoms with E-state index in [4.69, 9.17) is 43.9 Å². The largest absolute Gasteiger partial charge is 0.352 e. The lowest BCUT2D eigenvalue weighted by atomic mass is 10.2. The molecule has 0 aromatic carbocycles. The van der Waals surface area contributed by atoms with Crippen molar-refractivity contribution in [3.63, 3.8) is 0 Å². The van der Waals surface area contributed by atoms with E-state index in [0.29, 0.717) is 13.2 Å². The van der Waals surface area contributed by atoms with Gasteiger partial charge in [-0.05, 0) is 38.8 Å². The fourth-order valence-corrected chi connectivity index (χ4v) is 6.25. The summed E-state index contributed by atoms with van der Waals surface area (Å²) < 4.78 is 22.8. The molecule has 0 saturated carbocycles. The molecule has 1 heterocycles. The molecule has 0 aliphatic carbocycles. The predicted molar refractivity (Wildman–Crippen MR) is 94.2 cm³/mol. The van der Waals surface area contributed by atoms with Gasteiger partial charge in [0, 0.05) is 0 Å². The highest BCUT2D eigenvalue weighted by Gasteiger charge is 2.52. The summed E-state index contributed by atoms with van der Waals surface area (Å²) in [4.78, 5) is 1.98. The molecule has 1 atom stereocenters. The summed E-state index contributed by atoms with van der Waals surface area (Å²) in [5, 5.41) is 0. The number of hydrogen-bond donors (Lipinski definition) is 0. The van der Waals surface area contributed by atoms with Crippen LogP contribution in [0.2, 0.25) is 0 Å². The minimum atomic E-state index is -3.54. The molecular formula is C14H27Cl3NO3P. The Balaban J connectivity index is 3.04. The minimum Gasteiger partial charge on any atom is -0.307 e. The predicted octanol–water partition coefficient (Wildman–Crippen LogP) is 5.61.